The van der Waals surface area contributed by atoms with E-state index in [4.69, 9.17) is 4.42 Å². The number of hydrogen-bond acceptors (Lipinski definition) is 2. The number of rotatable bonds is 3. The molecule has 1 unspecified atom stereocenters. The van der Waals surface area contributed by atoms with Crippen molar-refractivity contribution in [1.29, 1.82) is 0 Å². The summed E-state index contributed by atoms with van der Waals surface area (Å²) in [5.41, 5.74) is 2.61. The number of hydrogen-bond donors (Lipinski definition) is 0. The van der Waals surface area contributed by atoms with Crippen LogP contribution in [0.4, 0.5) is 0 Å². The fourth-order valence-corrected chi connectivity index (χ4v) is 3.93. The highest BCUT2D eigenvalue weighted by Gasteiger charge is 2.19. The molecule has 0 fully saturated rings. The SMILES string of the molecule is CCc1occc1C(Br)c1cc(C)sc1C. The molecule has 0 N–H and O–H groups in total. The van der Waals surface area contributed by atoms with Crippen molar-refractivity contribution in [3.63, 3.8) is 0 Å². The summed E-state index contributed by atoms with van der Waals surface area (Å²) in [6, 6.07) is 4.32. The molecule has 0 aliphatic heterocycles. The van der Waals surface area contributed by atoms with E-state index >= 15 is 0 Å². The number of alkyl halides is 1. The van der Waals surface area contributed by atoms with E-state index in [1.54, 1.807) is 6.26 Å². The van der Waals surface area contributed by atoms with Crippen molar-refractivity contribution in [3.05, 3.63) is 45.0 Å². The monoisotopic (exact) mass is 298 g/mol. The first-order valence-corrected chi connectivity index (χ1v) is 7.14. The largest absolute Gasteiger partial charge is 0.469 e. The summed E-state index contributed by atoms with van der Waals surface area (Å²) in [6.07, 6.45) is 2.71. The Kier molecular flexibility index (Phi) is 3.55. The van der Waals surface area contributed by atoms with Gasteiger partial charge in [-0.05, 0) is 31.5 Å². The van der Waals surface area contributed by atoms with E-state index in [0.717, 1.165) is 12.2 Å². The molecule has 0 saturated heterocycles. The molecule has 2 aromatic rings. The van der Waals surface area contributed by atoms with Gasteiger partial charge in [0.05, 0.1) is 11.1 Å². The zero-order valence-electron chi connectivity index (χ0n) is 9.71. The zero-order chi connectivity index (χ0) is 11.7. The van der Waals surface area contributed by atoms with Crippen molar-refractivity contribution in [2.45, 2.75) is 32.0 Å². The van der Waals surface area contributed by atoms with E-state index in [1.165, 1.54) is 20.9 Å². The summed E-state index contributed by atoms with van der Waals surface area (Å²) in [5.74, 6) is 1.07. The molecule has 2 heterocycles. The minimum atomic E-state index is 0.256. The van der Waals surface area contributed by atoms with Crippen LogP contribution in [0.5, 0.6) is 0 Å². The lowest BCUT2D eigenvalue weighted by molar-refractivity contribution is 0.512. The van der Waals surface area contributed by atoms with Crippen LogP contribution in [0.1, 0.15) is 38.4 Å². The number of thiophene rings is 1. The van der Waals surface area contributed by atoms with Gasteiger partial charge in [-0.15, -0.1) is 11.3 Å². The first kappa shape index (κ1) is 11.9. The van der Waals surface area contributed by atoms with Crippen LogP contribution in [0, 0.1) is 13.8 Å². The van der Waals surface area contributed by atoms with Crippen LogP contribution in [0.2, 0.25) is 0 Å². The van der Waals surface area contributed by atoms with Crippen LogP contribution in [-0.2, 0) is 6.42 Å². The van der Waals surface area contributed by atoms with E-state index < -0.39 is 0 Å². The smallest absolute Gasteiger partial charge is 0.108 e. The predicted octanol–water partition coefficient (Wildman–Crippen LogP) is 5.00. The molecule has 0 spiro atoms. The topological polar surface area (TPSA) is 13.1 Å². The van der Waals surface area contributed by atoms with Gasteiger partial charge in [0.15, 0.2) is 0 Å². The molecule has 1 nitrogen and oxygen atoms in total. The Labute approximate surface area is 109 Å². The molecular formula is C13H15BrOS. The lowest BCUT2D eigenvalue weighted by Crippen LogP contribution is -1.94. The van der Waals surface area contributed by atoms with Crippen LogP contribution < -0.4 is 0 Å². The molecule has 0 amide bonds. The van der Waals surface area contributed by atoms with E-state index in [2.05, 4.69) is 48.8 Å². The van der Waals surface area contributed by atoms with Crippen LogP contribution in [0.15, 0.2) is 22.8 Å². The molecule has 86 valence electrons. The molecular weight excluding hydrogens is 284 g/mol. The van der Waals surface area contributed by atoms with Crippen LogP contribution in [0.3, 0.4) is 0 Å². The molecule has 0 saturated carbocycles. The Hall–Kier alpha value is -0.540. The lowest BCUT2D eigenvalue weighted by Gasteiger charge is -2.09. The Bertz CT molecular complexity index is 484. The second kappa shape index (κ2) is 4.76. The molecule has 16 heavy (non-hydrogen) atoms. The minimum Gasteiger partial charge on any atom is -0.469 e. The van der Waals surface area contributed by atoms with Crippen molar-refractivity contribution < 1.29 is 4.42 Å². The highest BCUT2D eigenvalue weighted by molar-refractivity contribution is 9.09. The van der Waals surface area contributed by atoms with Crippen LogP contribution >= 0.6 is 27.3 Å². The normalized spacial score (nSPS) is 13.0. The summed E-state index contributed by atoms with van der Waals surface area (Å²) in [5, 5.41) is 0. The molecule has 0 bridgehead atoms. The molecule has 0 aliphatic carbocycles. The number of furan rings is 1. The van der Waals surface area contributed by atoms with Gasteiger partial charge in [0.2, 0.25) is 0 Å². The third kappa shape index (κ3) is 2.11. The Morgan fingerprint density at radius 1 is 1.38 bits per heavy atom. The molecule has 0 aromatic carbocycles. The summed E-state index contributed by atoms with van der Waals surface area (Å²) in [7, 11) is 0. The molecule has 2 aromatic heterocycles. The van der Waals surface area contributed by atoms with Gasteiger partial charge in [0.1, 0.15) is 5.76 Å². The van der Waals surface area contributed by atoms with Crippen molar-refractivity contribution >= 4 is 27.3 Å². The number of halogens is 1. The molecule has 3 heteroatoms. The molecule has 0 aliphatic rings. The van der Waals surface area contributed by atoms with E-state index in [9.17, 15) is 0 Å². The minimum absolute atomic E-state index is 0.256. The van der Waals surface area contributed by atoms with Gasteiger partial charge in [-0.2, -0.15) is 0 Å². The van der Waals surface area contributed by atoms with Gasteiger partial charge in [0, 0.05) is 21.7 Å². The summed E-state index contributed by atoms with van der Waals surface area (Å²) in [6.45, 7) is 6.44. The summed E-state index contributed by atoms with van der Waals surface area (Å²) < 4.78 is 5.48. The first-order chi connectivity index (χ1) is 7.63. The maximum Gasteiger partial charge on any atom is 0.108 e. The molecule has 1 atom stereocenters. The quantitative estimate of drug-likeness (QED) is 0.727. The highest BCUT2D eigenvalue weighted by atomic mass is 79.9. The van der Waals surface area contributed by atoms with Crippen molar-refractivity contribution in [3.8, 4) is 0 Å². The Morgan fingerprint density at radius 2 is 2.12 bits per heavy atom. The standard InChI is InChI=1S/C13H15BrOS/c1-4-12-10(5-6-15-12)13(14)11-7-8(2)16-9(11)3/h5-7,13H,4H2,1-3H3. The fraction of sp³-hybridized carbons (Fsp3) is 0.385. The maximum atomic E-state index is 5.48. The van der Waals surface area contributed by atoms with Crippen molar-refractivity contribution in [2.75, 3.05) is 0 Å². The lowest BCUT2D eigenvalue weighted by atomic mass is 10.1. The van der Waals surface area contributed by atoms with Gasteiger partial charge in [-0.3, -0.25) is 0 Å². The highest BCUT2D eigenvalue weighted by Crippen LogP contribution is 2.38. The third-order valence-electron chi connectivity index (χ3n) is 2.73. The second-order valence-electron chi connectivity index (χ2n) is 3.88. The van der Waals surface area contributed by atoms with Gasteiger partial charge in [-0.25, -0.2) is 0 Å². The zero-order valence-corrected chi connectivity index (χ0v) is 12.1. The Morgan fingerprint density at radius 3 is 2.69 bits per heavy atom. The predicted molar refractivity (Wildman–Crippen MR) is 72.6 cm³/mol. The Balaban J connectivity index is 2.38. The van der Waals surface area contributed by atoms with Crippen LogP contribution in [0.25, 0.3) is 0 Å². The van der Waals surface area contributed by atoms with Gasteiger partial charge in [0.25, 0.3) is 0 Å². The molecule has 2 rings (SSSR count). The summed E-state index contributed by atoms with van der Waals surface area (Å²) >= 11 is 5.62. The van der Waals surface area contributed by atoms with Crippen molar-refractivity contribution in [2.24, 2.45) is 0 Å². The fourth-order valence-electron chi connectivity index (χ4n) is 1.93. The van der Waals surface area contributed by atoms with Crippen LogP contribution in [-0.4, -0.2) is 0 Å². The van der Waals surface area contributed by atoms with Gasteiger partial charge >= 0.3 is 0 Å². The number of aryl methyl sites for hydroxylation is 3. The molecule has 0 radical (unpaired) electrons. The van der Waals surface area contributed by atoms with Gasteiger partial charge in [-0.1, -0.05) is 22.9 Å². The third-order valence-corrected chi connectivity index (χ3v) is 4.69. The van der Waals surface area contributed by atoms with Crippen molar-refractivity contribution in [1.82, 2.24) is 0 Å². The first-order valence-electron chi connectivity index (χ1n) is 5.40. The second-order valence-corrected chi connectivity index (χ2v) is 6.26. The van der Waals surface area contributed by atoms with E-state index in [1.807, 2.05) is 11.3 Å². The summed E-state index contributed by atoms with van der Waals surface area (Å²) in [4.78, 5) is 2.99. The average Bonchev–Trinajstić information content (AvgIpc) is 2.83. The van der Waals surface area contributed by atoms with E-state index in [0.29, 0.717) is 0 Å². The average molecular weight is 299 g/mol. The van der Waals surface area contributed by atoms with E-state index in [-0.39, 0.29) is 4.83 Å². The maximum absolute atomic E-state index is 5.48. The van der Waals surface area contributed by atoms with Gasteiger partial charge < -0.3 is 4.42 Å².